The molecule has 0 bridgehead atoms. The van der Waals surface area contributed by atoms with Crippen LogP contribution in [0.4, 0.5) is 5.69 Å². The second kappa shape index (κ2) is 5.03. The van der Waals surface area contributed by atoms with E-state index in [4.69, 9.17) is 16.3 Å². The molecule has 0 aliphatic carbocycles. The summed E-state index contributed by atoms with van der Waals surface area (Å²) < 4.78 is 8.30. The van der Waals surface area contributed by atoms with Gasteiger partial charge in [0.25, 0.3) is 11.6 Å². The minimum absolute atomic E-state index is 0.537. The van der Waals surface area contributed by atoms with Gasteiger partial charge >= 0.3 is 0 Å². The summed E-state index contributed by atoms with van der Waals surface area (Å²) in [6.45, 7) is 11.7. The Balaban J connectivity index is 2.02. The molecule has 26 heavy (non-hydrogen) atoms. The number of hydrogen-bond donors (Lipinski definition) is 0. The van der Waals surface area contributed by atoms with Crippen LogP contribution >= 0.6 is 0 Å². The van der Waals surface area contributed by atoms with Crippen molar-refractivity contribution in [1.82, 2.24) is 4.98 Å². The van der Waals surface area contributed by atoms with Gasteiger partial charge in [-0.3, -0.25) is 0 Å². The van der Waals surface area contributed by atoms with Crippen LogP contribution in [0.5, 0.6) is 11.6 Å². The Morgan fingerprint density at radius 2 is 1.92 bits per heavy atom. The van der Waals surface area contributed by atoms with Gasteiger partial charge in [0.2, 0.25) is 11.2 Å². The van der Waals surface area contributed by atoms with E-state index in [2.05, 4.69) is 35.4 Å². The average molecular weight is 338 g/mol. The van der Waals surface area contributed by atoms with Crippen LogP contribution in [0.2, 0.25) is 0 Å². The third-order valence-electron chi connectivity index (χ3n) is 5.32. The van der Waals surface area contributed by atoms with Crippen LogP contribution in [0.15, 0.2) is 42.5 Å². The fourth-order valence-corrected chi connectivity index (χ4v) is 3.91. The van der Waals surface area contributed by atoms with Gasteiger partial charge < -0.3 is 4.74 Å². The first-order chi connectivity index (χ1) is 12.6. The van der Waals surface area contributed by atoms with E-state index in [9.17, 15) is 0 Å². The fourth-order valence-electron chi connectivity index (χ4n) is 3.91. The second-order valence-corrected chi connectivity index (χ2v) is 6.73. The largest absolute Gasteiger partial charge is 0.433 e. The van der Waals surface area contributed by atoms with Crippen LogP contribution in [-0.4, -0.2) is 4.98 Å². The molecule has 0 radical (unpaired) electrons. The van der Waals surface area contributed by atoms with E-state index in [1.54, 1.807) is 6.07 Å². The molecule has 4 aromatic rings. The van der Waals surface area contributed by atoms with Crippen molar-refractivity contribution in [2.24, 2.45) is 7.05 Å². The quantitative estimate of drug-likeness (QED) is 0.289. The zero-order valence-electron chi connectivity index (χ0n) is 14.8. The number of benzene rings is 3. The first-order valence-corrected chi connectivity index (χ1v) is 8.51. The highest BCUT2D eigenvalue weighted by molar-refractivity contribution is 6.04. The number of aryl methyl sites for hydroxylation is 2. The van der Waals surface area contributed by atoms with Gasteiger partial charge in [0.05, 0.1) is 12.1 Å². The average Bonchev–Trinajstić information content (AvgIpc) is 2.65. The molecule has 2 heterocycles. The number of fused-ring (bicyclic) bond motifs is 3. The van der Waals surface area contributed by atoms with Crippen molar-refractivity contribution in [2.45, 2.75) is 13.8 Å². The van der Waals surface area contributed by atoms with Crippen molar-refractivity contribution >= 4 is 27.5 Å². The summed E-state index contributed by atoms with van der Waals surface area (Å²) in [5.41, 5.74) is 6.74. The molecule has 0 atom stereocenters. The van der Waals surface area contributed by atoms with Crippen LogP contribution in [0.1, 0.15) is 11.1 Å². The van der Waals surface area contributed by atoms with Crippen LogP contribution in [0.25, 0.3) is 37.9 Å². The van der Waals surface area contributed by atoms with E-state index in [0.717, 1.165) is 22.3 Å². The molecule has 1 aromatic heterocycles. The molecule has 1 aliphatic rings. The number of nitrogens with zero attached hydrogens (tertiary/aromatic N) is 3. The van der Waals surface area contributed by atoms with E-state index in [-0.39, 0.29) is 0 Å². The van der Waals surface area contributed by atoms with E-state index >= 15 is 0 Å². The topological polar surface area (TPSA) is 30.4 Å². The summed E-state index contributed by atoms with van der Waals surface area (Å²) in [4.78, 5) is 8.37. The summed E-state index contributed by atoms with van der Waals surface area (Å²) in [6.07, 6.45) is 0. The molecule has 1 aliphatic heterocycles. The Labute approximate surface area is 151 Å². The number of hydrogen-bond acceptors (Lipinski definition) is 2. The monoisotopic (exact) mass is 338 g/mol. The van der Waals surface area contributed by atoms with Crippen molar-refractivity contribution in [3.8, 4) is 22.9 Å². The molecular formula is C22H16N3O+. The maximum atomic E-state index is 7.44. The molecule has 4 nitrogen and oxygen atoms in total. The van der Waals surface area contributed by atoms with E-state index in [1.165, 1.54) is 22.1 Å². The summed E-state index contributed by atoms with van der Waals surface area (Å²) in [7, 11) is 2.02. The van der Waals surface area contributed by atoms with Gasteiger partial charge in [-0.15, -0.1) is 0 Å². The first kappa shape index (κ1) is 14.9. The predicted molar refractivity (Wildman–Crippen MR) is 102 cm³/mol. The summed E-state index contributed by atoms with van der Waals surface area (Å²) in [6, 6.07) is 14.0. The lowest BCUT2D eigenvalue weighted by molar-refractivity contribution is -0.634. The van der Waals surface area contributed by atoms with Crippen molar-refractivity contribution in [3.05, 3.63) is 65.0 Å². The van der Waals surface area contributed by atoms with Crippen molar-refractivity contribution < 1.29 is 9.30 Å². The van der Waals surface area contributed by atoms with Gasteiger partial charge in [-0.05, 0) is 36.4 Å². The zero-order valence-corrected chi connectivity index (χ0v) is 14.8. The van der Waals surface area contributed by atoms with Gasteiger partial charge in [-0.1, -0.05) is 30.3 Å². The van der Waals surface area contributed by atoms with Gasteiger partial charge in [0.15, 0.2) is 0 Å². The molecule has 4 heteroatoms. The Kier molecular flexibility index (Phi) is 2.87. The van der Waals surface area contributed by atoms with Gasteiger partial charge in [0.1, 0.15) is 18.3 Å². The molecule has 0 spiro atoms. The molecule has 0 saturated heterocycles. The third-order valence-corrected chi connectivity index (χ3v) is 5.32. The third kappa shape index (κ3) is 1.77. The number of aromatic nitrogens is 2. The maximum absolute atomic E-state index is 7.44. The highest BCUT2D eigenvalue weighted by Gasteiger charge is 2.32. The van der Waals surface area contributed by atoms with Crippen molar-refractivity contribution in [3.63, 3.8) is 0 Å². The smallest absolute Gasteiger partial charge is 0.293 e. The lowest BCUT2D eigenvalue weighted by Crippen LogP contribution is -2.34. The molecule has 5 rings (SSSR count). The zero-order chi connectivity index (χ0) is 18.0. The van der Waals surface area contributed by atoms with Crippen molar-refractivity contribution in [2.75, 3.05) is 0 Å². The highest BCUT2D eigenvalue weighted by Crippen LogP contribution is 2.47. The molecule has 0 amide bonds. The van der Waals surface area contributed by atoms with E-state index in [1.807, 2.05) is 31.3 Å². The standard InChI is InChI=1S/C22H16N3O/c1-12-11-14-7-5-10-17-19(14)18(13(12)2)21-22(26-17)24-20-15(23-3)8-6-9-16(20)25(21)4/h5-11H,1-2,4H3/q+1. The van der Waals surface area contributed by atoms with E-state index < -0.39 is 0 Å². The molecule has 3 aromatic carbocycles. The highest BCUT2D eigenvalue weighted by atomic mass is 16.5. The predicted octanol–water partition coefficient (Wildman–Crippen LogP) is 5.15. The summed E-state index contributed by atoms with van der Waals surface area (Å²) in [5.74, 6) is 1.38. The van der Waals surface area contributed by atoms with Crippen molar-refractivity contribution in [1.29, 1.82) is 0 Å². The second-order valence-electron chi connectivity index (χ2n) is 6.73. The fraction of sp³-hybridized carbons (Fsp3) is 0.136. The van der Waals surface area contributed by atoms with Gasteiger partial charge in [-0.25, -0.2) is 9.83 Å². The first-order valence-electron chi connectivity index (χ1n) is 8.51. The Hall–Kier alpha value is -3.45. The molecule has 0 N–H and O–H groups in total. The summed E-state index contributed by atoms with van der Waals surface area (Å²) >= 11 is 0. The lowest BCUT2D eigenvalue weighted by atomic mass is 9.91. The number of ether oxygens (including phenoxy) is 1. The van der Waals surface area contributed by atoms with Crippen LogP contribution < -0.4 is 9.30 Å². The minimum Gasteiger partial charge on any atom is -0.433 e. The molecule has 0 unspecified atom stereocenters. The number of para-hydroxylation sites is 1. The Morgan fingerprint density at radius 1 is 1.12 bits per heavy atom. The Morgan fingerprint density at radius 3 is 2.73 bits per heavy atom. The van der Waals surface area contributed by atoms with Crippen LogP contribution in [-0.2, 0) is 7.05 Å². The molecule has 0 fully saturated rings. The van der Waals surface area contributed by atoms with Crippen LogP contribution in [0.3, 0.4) is 0 Å². The number of rotatable bonds is 0. The maximum Gasteiger partial charge on any atom is 0.293 e. The normalized spacial score (nSPS) is 11.9. The molecular weight excluding hydrogens is 322 g/mol. The van der Waals surface area contributed by atoms with Gasteiger partial charge in [0, 0.05) is 11.5 Å². The van der Waals surface area contributed by atoms with Gasteiger partial charge in [-0.2, -0.15) is 4.57 Å². The molecule has 0 saturated carbocycles. The molecule has 124 valence electrons. The Bertz CT molecular complexity index is 1300. The summed E-state index contributed by atoms with van der Waals surface area (Å²) in [5, 5.41) is 2.29. The lowest BCUT2D eigenvalue weighted by Gasteiger charge is -2.21. The minimum atomic E-state index is 0.537. The SMILES string of the molecule is [C-]#[N+]c1cccc2c1nc1c([n+]2C)-c2c(C)c(C)cc3cccc(c23)O1. The van der Waals surface area contributed by atoms with Crippen LogP contribution in [0, 0.1) is 20.4 Å². The van der Waals surface area contributed by atoms with E-state index in [0.29, 0.717) is 17.1 Å².